The van der Waals surface area contributed by atoms with Crippen molar-refractivity contribution < 1.29 is 4.79 Å². The van der Waals surface area contributed by atoms with E-state index < -0.39 is 0 Å². The molecule has 100 valence electrons. The number of thiazole rings is 1. The van der Waals surface area contributed by atoms with Crippen LogP contribution in [0.4, 0.5) is 5.13 Å². The molecule has 0 aromatic carbocycles. The third kappa shape index (κ3) is 2.56. The van der Waals surface area contributed by atoms with Gasteiger partial charge < -0.3 is 0 Å². The lowest BCUT2D eigenvalue weighted by Crippen LogP contribution is -2.11. The van der Waals surface area contributed by atoms with E-state index in [0.717, 1.165) is 22.8 Å². The molecule has 1 N–H and O–H groups in total. The Bertz CT molecular complexity index is 737. The molecule has 0 aliphatic rings. The summed E-state index contributed by atoms with van der Waals surface area (Å²) in [4.78, 5) is 20.9. The molecule has 3 heterocycles. The number of carbonyl (C=O) groups is 1. The van der Waals surface area contributed by atoms with E-state index in [9.17, 15) is 4.79 Å². The molecular formula is C12H9N5OS2. The molecule has 6 nitrogen and oxygen atoms in total. The summed E-state index contributed by atoms with van der Waals surface area (Å²) < 4.78 is 3.74. The molecule has 20 heavy (non-hydrogen) atoms. The minimum absolute atomic E-state index is 0.229. The first-order valence-electron chi connectivity index (χ1n) is 5.70. The van der Waals surface area contributed by atoms with E-state index in [4.69, 9.17) is 0 Å². The van der Waals surface area contributed by atoms with Crippen LogP contribution in [0.3, 0.4) is 0 Å². The predicted octanol–water partition coefficient (Wildman–Crippen LogP) is 2.62. The van der Waals surface area contributed by atoms with Crippen molar-refractivity contribution in [2.75, 3.05) is 5.32 Å². The Morgan fingerprint density at radius 3 is 2.80 bits per heavy atom. The van der Waals surface area contributed by atoms with Crippen LogP contribution in [0.2, 0.25) is 0 Å². The van der Waals surface area contributed by atoms with Crippen LogP contribution in [0.1, 0.15) is 15.4 Å². The fraction of sp³-hybridized carbons (Fsp3) is 0.0833. The normalized spacial score (nSPS) is 10.4. The number of nitrogens with one attached hydrogen (secondary N) is 1. The van der Waals surface area contributed by atoms with Gasteiger partial charge in [0.15, 0.2) is 5.13 Å². The molecule has 0 radical (unpaired) electrons. The fourth-order valence-electron chi connectivity index (χ4n) is 1.58. The van der Waals surface area contributed by atoms with Gasteiger partial charge >= 0.3 is 0 Å². The molecular weight excluding hydrogens is 294 g/mol. The molecule has 0 atom stereocenters. The molecule has 3 aromatic heterocycles. The second-order valence-electron chi connectivity index (χ2n) is 3.92. The molecule has 0 saturated carbocycles. The van der Waals surface area contributed by atoms with E-state index in [1.165, 1.54) is 11.3 Å². The standard InChI is InChI=1S/C12H9N5OS2/c1-7-10(20-17-16-7)11(18)15-12-14-9(6-19-12)8-2-4-13-5-3-8/h2-6H,1H3,(H,14,15,18). The van der Waals surface area contributed by atoms with Crippen LogP contribution < -0.4 is 5.32 Å². The van der Waals surface area contributed by atoms with Gasteiger partial charge in [0.25, 0.3) is 5.91 Å². The Morgan fingerprint density at radius 2 is 2.10 bits per heavy atom. The maximum Gasteiger partial charge on any atom is 0.271 e. The number of aromatic nitrogens is 4. The lowest BCUT2D eigenvalue weighted by molar-refractivity contribution is 0.103. The van der Waals surface area contributed by atoms with Gasteiger partial charge in [-0.2, -0.15) is 0 Å². The molecule has 0 aliphatic carbocycles. The van der Waals surface area contributed by atoms with E-state index in [1.807, 2.05) is 17.5 Å². The van der Waals surface area contributed by atoms with Gasteiger partial charge in [-0.15, -0.1) is 16.4 Å². The predicted molar refractivity (Wildman–Crippen MR) is 77.9 cm³/mol. The van der Waals surface area contributed by atoms with Gasteiger partial charge in [0, 0.05) is 23.3 Å². The molecule has 0 aliphatic heterocycles. The number of aryl methyl sites for hydroxylation is 1. The Morgan fingerprint density at radius 1 is 1.30 bits per heavy atom. The molecule has 0 saturated heterocycles. The number of pyridine rings is 1. The van der Waals surface area contributed by atoms with Crippen molar-refractivity contribution in [1.29, 1.82) is 0 Å². The van der Waals surface area contributed by atoms with Crippen molar-refractivity contribution in [1.82, 2.24) is 19.6 Å². The molecule has 0 spiro atoms. The molecule has 8 heteroatoms. The van der Waals surface area contributed by atoms with Crippen LogP contribution in [0.5, 0.6) is 0 Å². The Labute approximate surface area is 122 Å². The fourth-order valence-corrected chi connectivity index (χ4v) is 2.85. The third-order valence-corrected chi connectivity index (χ3v) is 4.14. The minimum atomic E-state index is -0.229. The average molecular weight is 303 g/mol. The zero-order valence-corrected chi connectivity index (χ0v) is 12.0. The smallest absolute Gasteiger partial charge is 0.271 e. The molecule has 1 amide bonds. The van der Waals surface area contributed by atoms with Gasteiger partial charge in [0.2, 0.25) is 0 Å². The van der Waals surface area contributed by atoms with E-state index in [1.54, 1.807) is 19.3 Å². The second-order valence-corrected chi connectivity index (χ2v) is 5.53. The van der Waals surface area contributed by atoms with Crippen LogP contribution >= 0.6 is 22.9 Å². The van der Waals surface area contributed by atoms with Crippen LogP contribution in [-0.2, 0) is 0 Å². The summed E-state index contributed by atoms with van der Waals surface area (Å²) in [6, 6.07) is 3.75. The number of nitrogens with zero attached hydrogens (tertiary/aromatic N) is 4. The van der Waals surface area contributed by atoms with E-state index in [0.29, 0.717) is 15.7 Å². The first-order valence-corrected chi connectivity index (χ1v) is 7.35. The number of amides is 1. The van der Waals surface area contributed by atoms with Gasteiger partial charge in [-0.3, -0.25) is 15.1 Å². The highest BCUT2D eigenvalue weighted by Gasteiger charge is 2.15. The first kappa shape index (κ1) is 12.8. The SMILES string of the molecule is Cc1nnsc1C(=O)Nc1nc(-c2ccncc2)cs1. The highest BCUT2D eigenvalue weighted by atomic mass is 32.1. The molecule has 0 bridgehead atoms. The number of rotatable bonds is 3. The lowest BCUT2D eigenvalue weighted by Gasteiger charge is -1.98. The van der Waals surface area contributed by atoms with Crippen molar-refractivity contribution in [3.8, 4) is 11.3 Å². The van der Waals surface area contributed by atoms with Crippen LogP contribution in [0.15, 0.2) is 29.9 Å². The molecule has 0 unspecified atom stereocenters. The summed E-state index contributed by atoms with van der Waals surface area (Å²) in [7, 11) is 0. The Balaban J connectivity index is 1.78. The second kappa shape index (κ2) is 5.43. The van der Waals surface area contributed by atoms with Gasteiger partial charge in [-0.05, 0) is 30.6 Å². The van der Waals surface area contributed by atoms with Crippen LogP contribution in [-0.4, -0.2) is 25.5 Å². The number of hydrogen-bond acceptors (Lipinski definition) is 7. The number of anilines is 1. The zero-order valence-electron chi connectivity index (χ0n) is 10.4. The summed E-state index contributed by atoms with van der Waals surface area (Å²) in [6.45, 7) is 1.75. The monoisotopic (exact) mass is 303 g/mol. The summed E-state index contributed by atoms with van der Waals surface area (Å²) in [6.07, 6.45) is 3.42. The van der Waals surface area contributed by atoms with Crippen molar-refractivity contribution in [3.05, 3.63) is 40.5 Å². The summed E-state index contributed by atoms with van der Waals surface area (Å²) in [5.41, 5.74) is 2.40. The summed E-state index contributed by atoms with van der Waals surface area (Å²) >= 11 is 2.45. The van der Waals surface area contributed by atoms with Crippen molar-refractivity contribution in [2.24, 2.45) is 0 Å². The lowest BCUT2D eigenvalue weighted by atomic mass is 10.2. The topological polar surface area (TPSA) is 80.7 Å². The van der Waals surface area contributed by atoms with E-state index in [-0.39, 0.29) is 5.91 Å². The maximum absolute atomic E-state index is 12.0. The van der Waals surface area contributed by atoms with Crippen LogP contribution in [0, 0.1) is 6.92 Å². The maximum atomic E-state index is 12.0. The molecule has 3 aromatic rings. The zero-order chi connectivity index (χ0) is 13.9. The largest absolute Gasteiger partial charge is 0.297 e. The number of carbonyl (C=O) groups excluding carboxylic acids is 1. The van der Waals surface area contributed by atoms with Gasteiger partial charge in [-0.1, -0.05) is 4.49 Å². The third-order valence-electron chi connectivity index (χ3n) is 2.56. The highest BCUT2D eigenvalue weighted by Crippen LogP contribution is 2.25. The van der Waals surface area contributed by atoms with E-state index in [2.05, 4.69) is 24.9 Å². The first-order chi connectivity index (χ1) is 9.74. The van der Waals surface area contributed by atoms with Crippen LogP contribution in [0.25, 0.3) is 11.3 Å². The van der Waals surface area contributed by atoms with Gasteiger partial charge in [-0.25, -0.2) is 4.98 Å². The van der Waals surface area contributed by atoms with Gasteiger partial charge in [0.05, 0.1) is 11.4 Å². The Kier molecular flexibility index (Phi) is 3.48. The number of hydrogen-bond donors (Lipinski definition) is 1. The quantitative estimate of drug-likeness (QED) is 0.804. The van der Waals surface area contributed by atoms with Crippen molar-refractivity contribution in [2.45, 2.75) is 6.92 Å². The Hall–Kier alpha value is -2.19. The average Bonchev–Trinajstić information content (AvgIpc) is 3.09. The van der Waals surface area contributed by atoms with E-state index >= 15 is 0 Å². The van der Waals surface area contributed by atoms with Gasteiger partial charge in [0.1, 0.15) is 4.88 Å². The molecule has 3 rings (SSSR count). The summed E-state index contributed by atoms with van der Waals surface area (Å²) in [5.74, 6) is -0.229. The summed E-state index contributed by atoms with van der Waals surface area (Å²) in [5, 5.41) is 9.02. The van der Waals surface area contributed by atoms with Crippen molar-refractivity contribution >= 4 is 33.9 Å². The minimum Gasteiger partial charge on any atom is -0.297 e. The molecule has 0 fully saturated rings. The highest BCUT2D eigenvalue weighted by molar-refractivity contribution is 7.14. The van der Waals surface area contributed by atoms with Crippen molar-refractivity contribution in [3.63, 3.8) is 0 Å².